The fourth-order valence-corrected chi connectivity index (χ4v) is 2.50. The number of ether oxygens (including phenoxy) is 1. The molecule has 0 saturated heterocycles. The van der Waals surface area contributed by atoms with E-state index in [-0.39, 0.29) is 24.9 Å². The van der Waals surface area contributed by atoms with Crippen LogP contribution in [0.3, 0.4) is 0 Å². The van der Waals surface area contributed by atoms with Crippen LogP contribution in [0.1, 0.15) is 28.5 Å². The fraction of sp³-hybridized carbons (Fsp3) is 0.429. The van der Waals surface area contributed by atoms with Gasteiger partial charge in [0.1, 0.15) is 6.54 Å². The number of aromatic nitrogens is 5. The fourth-order valence-electron chi connectivity index (χ4n) is 2.50. The molecule has 0 bridgehead atoms. The summed E-state index contributed by atoms with van der Waals surface area (Å²) in [5.74, 6) is 0.0674. The van der Waals surface area contributed by atoms with Gasteiger partial charge in [-0.05, 0) is 18.2 Å². The van der Waals surface area contributed by atoms with Gasteiger partial charge in [0.25, 0.3) is 5.91 Å². The molecular formula is C14H17N7O3. The normalized spacial score (nSPS) is 13.1. The zero-order chi connectivity index (χ0) is 17.1. The van der Waals surface area contributed by atoms with Crippen molar-refractivity contribution in [1.82, 2.24) is 35.4 Å². The van der Waals surface area contributed by atoms with E-state index in [9.17, 15) is 9.59 Å². The first-order valence-corrected chi connectivity index (χ1v) is 7.46. The van der Waals surface area contributed by atoms with Crippen LogP contribution >= 0.6 is 0 Å². The van der Waals surface area contributed by atoms with Gasteiger partial charge in [0.05, 0.1) is 24.9 Å². The summed E-state index contributed by atoms with van der Waals surface area (Å²) in [7, 11) is 1.51. The molecule has 2 amide bonds. The molecule has 1 aliphatic heterocycles. The van der Waals surface area contributed by atoms with Crippen LogP contribution < -0.4 is 10.1 Å². The van der Waals surface area contributed by atoms with Crippen LogP contribution in [-0.2, 0) is 24.4 Å². The van der Waals surface area contributed by atoms with Crippen molar-refractivity contribution in [3.05, 3.63) is 29.2 Å². The van der Waals surface area contributed by atoms with Gasteiger partial charge in [-0.3, -0.25) is 9.59 Å². The van der Waals surface area contributed by atoms with E-state index in [1.165, 1.54) is 18.2 Å². The molecule has 2 aromatic rings. The SMILES string of the molecule is CCN1Cc2nc(OC)c(CNC(=O)Cn3ncnn3)cc2C1=O. The number of nitrogens with zero attached hydrogens (tertiary/aromatic N) is 6. The van der Waals surface area contributed by atoms with Gasteiger partial charge in [0, 0.05) is 18.7 Å². The van der Waals surface area contributed by atoms with Crippen molar-refractivity contribution in [2.45, 2.75) is 26.6 Å². The van der Waals surface area contributed by atoms with Crippen LogP contribution in [0.5, 0.6) is 5.88 Å². The van der Waals surface area contributed by atoms with Gasteiger partial charge in [-0.2, -0.15) is 4.80 Å². The number of carbonyl (C=O) groups is 2. The second kappa shape index (κ2) is 6.60. The topological polar surface area (TPSA) is 115 Å². The quantitative estimate of drug-likeness (QED) is 0.749. The number of hydrogen-bond acceptors (Lipinski definition) is 7. The Morgan fingerprint density at radius 2 is 2.29 bits per heavy atom. The summed E-state index contributed by atoms with van der Waals surface area (Å²) in [6, 6.07) is 1.73. The Morgan fingerprint density at radius 3 is 2.96 bits per heavy atom. The number of amides is 2. The maximum absolute atomic E-state index is 12.3. The number of carbonyl (C=O) groups excluding carboxylic acids is 2. The zero-order valence-corrected chi connectivity index (χ0v) is 13.4. The molecule has 0 saturated carbocycles. The molecule has 0 aromatic carbocycles. The van der Waals surface area contributed by atoms with Crippen LogP contribution in [0, 0.1) is 0 Å². The molecule has 3 rings (SSSR count). The monoisotopic (exact) mass is 331 g/mol. The number of pyridine rings is 1. The van der Waals surface area contributed by atoms with Crippen LogP contribution in [0.2, 0.25) is 0 Å². The lowest BCUT2D eigenvalue weighted by atomic mass is 10.1. The summed E-state index contributed by atoms with van der Waals surface area (Å²) in [6.45, 7) is 3.17. The minimum Gasteiger partial charge on any atom is -0.481 e. The van der Waals surface area contributed by atoms with Crippen molar-refractivity contribution >= 4 is 11.8 Å². The molecule has 1 N–H and O–H groups in total. The highest BCUT2D eigenvalue weighted by Gasteiger charge is 2.29. The van der Waals surface area contributed by atoms with E-state index in [0.29, 0.717) is 35.8 Å². The molecule has 0 spiro atoms. The summed E-state index contributed by atoms with van der Waals surface area (Å²) in [6.07, 6.45) is 1.26. The number of methoxy groups -OCH3 is 1. The zero-order valence-electron chi connectivity index (χ0n) is 13.4. The second-order valence-corrected chi connectivity index (χ2v) is 5.21. The smallest absolute Gasteiger partial charge is 0.256 e. The molecular weight excluding hydrogens is 314 g/mol. The van der Waals surface area contributed by atoms with E-state index in [2.05, 4.69) is 25.7 Å². The molecule has 0 unspecified atom stereocenters. The standard InChI is InChI=1S/C14H17N7O3/c1-3-20-6-11-10(14(20)23)4-9(13(18-11)24-2)5-15-12(22)7-21-17-8-16-19-21/h4,8H,3,5-7H2,1-2H3,(H,15,22). The van der Waals surface area contributed by atoms with Gasteiger partial charge in [-0.25, -0.2) is 4.98 Å². The maximum atomic E-state index is 12.3. The minimum atomic E-state index is -0.280. The molecule has 0 radical (unpaired) electrons. The molecule has 10 nitrogen and oxygen atoms in total. The van der Waals surface area contributed by atoms with Gasteiger partial charge < -0.3 is 15.0 Å². The lowest BCUT2D eigenvalue weighted by Crippen LogP contribution is -2.28. The highest BCUT2D eigenvalue weighted by molar-refractivity contribution is 5.98. The molecule has 1 aliphatic rings. The number of rotatable bonds is 6. The third kappa shape index (κ3) is 3.03. The highest BCUT2D eigenvalue weighted by atomic mass is 16.5. The Hall–Kier alpha value is -3.04. The lowest BCUT2D eigenvalue weighted by molar-refractivity contribution is -0.122. The van der Waals surface area contributed by atoms with Gasteiger partial charge >= 0.3 is 0 Å². The molecule has 126 valence electrons. The Balaban J connectivity index is 1.73. The Morgan fingerprint density at radius 1 is 1.46 bits per heavy atom. The average molecular weight is 331 g/mol. The average Bonchev–Trinajstić information content (AvgIpc) is 3.20. The molecule has 0 atom stereocenters. The van der Waals surface area contributed by atoms with E-state index in [1.54, 1.807) is 11.0 Å². The summed E-state index contributed by atoms with van der Waals surface area (Å²) in [4.78, 5) is 31.4. The van der Waals surface area contributed by atoms with Crippen molar-refractivity contribution in [2.24, 2.45) is 0 Å². The summed E-state index contributed by atoms with van der Waals surface area (Å²) in [5, 5.41) is 13.7. The molecule has 3 heterocycles. The second-order valence-electron chi connectivity index (χ2n) is 5.21. The minimum absolute atomic E-state index is 0.0385. The van der Waals surface area contributed by atoms with E-state index >= 15 is 0 Å². The first-order valence-electron chi connectivity index (χ1n) is 7.46. The largest absolute Gasteiger partial charge is 0.481 e. The summed E-state index contributed by atoms with van der Waals surface area (Å²) < 4.78 is 5.28. The Bertz CT molecular complexity index is 760. The van der Waals surface area contributed by atoms with E-state index < -0.39 is 0 Å². The number of fused-ring (bicyclic) bond motifs is 1. The van der Waals surface area contributed by atoms with Gasteiger partial charge in [-0.1, -0.05) is 0 Å². The van der Waals surface area contributed by atoms with Crippen molar-refractivity contribution in [3.63, 3.8) is 0 Å². The molecule has 24 heavy (non-hydrogen) atoms. The Kier molecular flexibility index (Phi) is 4.36. The molecule has 0 aliphatic carbocycles. The first-order chi connectivity index (χ1) is 11.6. The summed E-state index contributed by atoms with van der Waals surface area (Å²) in [5.41, 5.74) is 1.89. The summed E-state index contributed by atoms with van der Waals surface area (Å²) >= 11 is 0. The van der Waals surface area contributed by atoms with Crippen LogP contribution in [0.15, 0.2) is 12.4 Å². The van der Waals surface area contributed by atoms with Crippen LogP contribution in [0.25, 0.3) is 0 Å². The van der Waals surface area contributed by atoms with Gasteiger partial charge in [-0.15, -0.1) is 10.2 Å². The Labute approximate surface area is 137 Å². The number of nitrogens with one attached hydrogen (secondary N) is 1. The molecule has 2 aromatic heterocycles. The van der Waals surface area contributed by atoms with Crippen LogP contribution in [-0.4, -0.2) is 55.6 Å². The maximum Gasteiger partial charge on any atom is 0.256 e. The van der Waals surface area contributed by atoms with E-state index in [1.807, 2.05) is 6.92 Å². The van der Waals surface area contributed by atoms with Gasteiger partial charge in [0.2, 0.25) is 11.8 Å². The van der Waals surface area contributed by atoms with Crippen molar-refractivity contribution in [1.29, 1.82) is 0 Å². The van der Waals surface area contributed by atoms with E-state index in [0.717, 1.165) is 0 Å². The number of tetrazole rings is 1. The third-order valence-corrected chi connectivity index (χ3v) is 3.73. The lowest BCUT2D eigenvalue weighted by Gasteiger charge is -2.10. The number of hydrogen-bond donors (Lipinski definition) is 1. The van der Waals surface area contributed by atoms with Gasteiger partial charge in [0.15, 0.2) is 6.33 Å². The molecule has 10 heteroatoms. The van der Waals surface area contributed by atoms with Crippen molar-refractivity contribution in [3.8, 4) is 5.88 Å². The third-order valence-electron chi connectivity index (χ3n) is 3.73. The predicted octanol–water partition coefficient (Wildman–Crippen LogP) is -0.631. The van der Waals surface area contributed by atoms with Crippen molar-refractivity contribution in [2.75, 3.05) is 13.7 Å². The van der Waals surface area contributed by atoms with E-state index in [4.69, 9.17) is 4.74 Å². The predicted molar refractivity (Wildman–Crippen MR) is 80.9 cm³/mol. The van der Waals surface area contributed by atoms with Crippen molar-refractivity contribution < 1.29 is 14.3 Å². The van der Waals surface area contributed by atoms with Crippen LogP contribution in [0.4, 0.5) is 0 Å². The highest BCUT2D eigenvalue weighted by Crippen LogP contribution is 2.26. The molecule has 0 fully saturated rings. The first kappa shape index (κ1) is 15.8.